The van der Waals surface area contributed by atoms with Gasteiger partial charge in [-0.1, -0.05) is 15.9 Å². The third kappa shape index (κ3) is 2.42. The highest BCUT2D eigenvalue weighted by atomic mass is 79.9. The Labute approximate surface area is 113 Å². The van der Waals surface area contributed by atoms with Gasteiger partial charge in [-0.25, -0.2) is 4.98 Å². The largest absolute Gasteiger partial charge is 0.310 e. The molecule has 80 valence electrons. The van der Waals surface area contributed by atoms with Gasteiger partial charge in [0, 0.05) is 17.8 Å². The molecular weight excluding hydrogens is 392 g/mol. The lowest BCUT2D eigenvalue weighted by Gasteiger charge is -2.15. The topological polar surface area (TPSA) is 33.2 Å². The van der Waals surface area contributed by atoms with Crippen LogP contribution in [0.1, 0.15) is 6.42 Å². The van der Waals surface area contributed by atoms with E-state index in [1.165, 1.54) is 0 Å². The number of halogens is 3. The maximum atomic E-state index is 11.6. The number of anilines is 1. The van der Waals surface area contributed by atoms with Crippen molar-refractivity contribution in [3.8, 4) is 0 Å². The summed E-state index contributed by atoms with van der Waals surface area (Å²) >= 11 is 10.1. The molecule has 1 aliphatic heterocycles. The van der Waals surface area contributed by atoms with E-state index in [2.05, 4.69) is 52.8 Å². The molecule has 1 aliphatic rings. The summed E-state index contributed by atoms with van der Waals surface area (Å²) in [4.78, 5) is 17.7. The Morgan fingerprint density at radius 1 is 1.47 bits per heavy atom. The molecule has 0 aliphatic carbocycles. The minimum Gasteiger partial charge on any atom is -0.310 e. The van der Waals surface area contributed by atoms with E-state index in [0.29, 0.717) is 13.0 Å². The summed E-state index contributed by atoms with van der Waals surface area (Å²) in [6, 6.07) is 1.89. The van der Waals surface area contributed by atoms with Crippen molar-refractivity contribution in [2.75, 3.05) is 11.4 Å². The minimum atomic E-state index is 0.132. The van der Waals surface area contributed by atoms with Gasteiger partial charge >= 0.3 is 0 Å². The lowest BCUT2D eigenvalue weighted by atomic mass is 10.4. The van der Waals surface area contributed by atoms with Crippen LogP contribution in [-0.2, 0) is 4.79 Å². The van der Waals surface area contributed by atoms with Crippen molar-refractivity contribution in [1.82, 2.24) is 4.98 Å². The van der Waals surface area contributed by atoms with Crippen LogP contribution in [-0.4, -0.2) is 22.3 Å². The number of pyridine rings is 1. The van der Waals surface area contributed by atoms with Crippen LogP contribution >= 0.6 is 47.8 Å². The van der Waals surface area contributed by atoms with Crippen LogP contribution in [0.15, 0.2) is 21.3 Å². The van der Waals surface area contributed by atoms with Gasteiger partial charge in [0.25, 0.3) is 0 Å². The van der Waals surface area contributed by atoms with Crippen LogP contribution in [0.4, 0.5) is 5.69 Å². The molecule has 1 aromatic heterocycles. The fourth-order valence-corrected chi connectivity index (χ4v) is 2.59. The number of carbonyl (C=O) groups excluding carboxylic acids is 1. The lowest BCUT2D eigenvalue weighted by Crippen LogP contribution is -2.24. The molecule has 6 heteroatoms. The number of nitrogens with zero attached hydrogens (tertiary/aromatic N) is 2. The van der Waals surface area contributed by atoms with Crippen molar-refractivity contribution >= 4 is 59.4 Å². The van der Waals surface area contributed by atoms with Gasteiger partial charge in [-0.05, 0) is 37.9 Å². The van der Waals surface area contributed by atoms with Gasteiger partial charge in [0.15, 0.2) is 0 Å². The van der Waals surface area contributed by atoms with E-state index < -0.39 is 0 Å². The molecule has 15 heavy (non-hydrogen) atoms. The van der Waals surface area contributed by atoms with Crippen LogP contribution in [0.5, 0.6) is 0 Å². The van der Waals surface area contributed by atoms with E-state index in [-0.39, 0.29) is 10.7 Å². The van der Waals surface area contributed by atoms with Crippen molar-refractivity contribution < 1.29 is 4.79 Å². The van der Waals surface area contributed by atoms with Crippen molar-refractivity contribution in [3.05, 3.63) is 21.3 Å². The molecule has 2 heterocycles. The molecule has 1 saturated heterocycles. The van der Waals surface area contributed by atoms with E-state index in [9.17, 15) is 4.79 Å². The standard InChI is InChI=1S/C9H7Br3N2O/c10-5-1-8(15)14(4-5)6-2-7(11)9(12)13-3-6/h2-3,5H,1,4H2. The highest BCUT2D eigenvalue weighted by Gasteiger charge is 2.29. The van der Waals surface area contributed by atoms with Gasteiger partial charge in [0.1, 0.15) is 4.60 Å². The molecule has 1 unspecified atom stereocenters. The van der Waals surface area contributed by atoms with Gasteiger partial charge in [0.05, 0.1) is 16.4 Å². The van der Waals surface area contributed by atoms with E-state index >= 15 is 0 Å². The Kier molecular flexibility index (Phi) is 3.47. The number of alkyl halides is 1. The predicted octanol–water partition coefficient (Wildman–Crippen LogP) is 3.11. The van der Waals surface area contributed by atoms with Gasteiger partial charge in [-0.3, -0.25) is 4.79 Å². The zero-order chi connectivity index (χ0) is 11.0. The molecule has 1 amide bonds. The number of amides is 1. The summed E-state index contributed by atoms with van der Waals surface area (Å²) in [5, 5.41) is 0. The van der Waals surface area contributed by atoms with Crippen molar-refractivity contribution in [3.63, 3.8) is 0 Å². The highest BCUT2D eigenvalue weighted by molar-refractivity contribution is 9.13. The first-order valence-electron chi connectivity index (χ1n) is 4.33. The van der Waals surface area contributed by atoms with E-state index in [1.807, 2.05) is 6.07 Å². The first kappa shape index (κ1) is 11.5. The van der Waals surface area contributed by atoms with Crippen LogP contribution < -0.4 is 4.90 Å². The van der Waals surface area contributed by atoms with E-state index in [4.69, 9.17) is 0 Å². The molecule has 1 aromatic rings. The molecule has 0 N–H and O–H groups in total. The number of carbonyl (C=O) groups is 1. The molecule has 0 radical (unpaired) electrons. The van der Waals surface area contributed by atoms with Crippen molar-refractivity contribution in [2.45, 2.75) is 11.2 Å². The zero-order valence-electron chi connectivity index (χ0n) is 7.58. The van der Waals surface area contributed by atoms with Gasteiger partial charge < -0.3 is 4.90 Å². The number of aromatic nitrogens is 1. The fraction of sp³-hybridized carbons (Fsp3) is 0.333. The second-order valence-corrected chi connectivity index (χ2v) is 6.17. The quantitative estimate of drug-likeness (QED) is 0.538. The average Bonchev–Trinajstić information content (AvgIpc) is 2.50. The van der Waals surface area contributed by atoms with Crippen LogP contribution in [0.3, 0.4) is 0 Å². The minimum absolute atomic E-state index is 0.132. The smallest absolute Gasteiger partial charge is 0.228 e. The Morgan fingerprint density at radius 3 is 2.73 bits per heavy atom. The number of rotatable bonds is 1. The zero-order valence-corrected chi connectivity index (χ0v) is 12.3. The Morgan fingerprint density at radius 2 is 2.20 bits per heavy atom. The summed E-state index contributed by atoms with van der Waals surface area (Å²) in [6.45, 7) is 0.703. The van der Waals surface area contributed by atoms with Crippen LogP contribution in [0, 0.1) is 0 Å². The second-order valence-electron chi connectivity index (χ2n) is 3.27. The molecular formula is C9H7Br3N2O. The molecule has 0 bridgehead atoms. The maximum Gasteiger partial charge on any atom is 0.228 e. The molecule has 0 saturated carbocycles. The summed E-state index contributed by atoms with van der Waals surface area (Å²) in [5.74, 6) is 0.132. The molecule has 0 aromatic carbocycles. The Bertz CT molecular complexity index is 410. The predicted molar refractivity (Wildman–Crippen MR) is 69.3 cm³/mol. The van der Waals surface area contributed by atoms with E-state index in [1.54, 1.807) is 11.1 Å². The second kappa shape index (κ2) is 4.51. The van der Waals surface area contributed by atoms with Gasteiger partial charge in [0.2, 0.25) is 5.91 Å². The normalized spacial score (nSPS) is 21.1. The van der Waals surface area contributed by atoms with Crippen molar-refractivity contribution in [2.24, 2.45) is 0 Å². The molecule has 3 nitrogen and oxygen atoms in total. The molecule has 1 fully saturated rings. The first-order chi connectivity index (χ1) is 7.08. The van der Waals surface area contributed by atoms with E-state index in [0.717, 1.165) is 14.8 Å². The summed E-state index contributed by atoms with van der Waals surface area (Å²) in [5.41, 5.74) is 0.831. The molecule has 1 atom stereocenters. The van der Waals surface area contributed by atoms with Gasteiger partial charge in [-0.15, -0.1) is 0 Å². The van der Waals surface area contributed by atoms with Crippen LogP contribution in [0.25, 0.3) is 0 Å². The molecule has 0 spiro atoms. The van der Waals surface area contributed by atoms with Crippen molar-refractivity contribution in [1.29, 1.82) is 0 Å². The summed E-state index contributed by atoms with van der Waals surface area (Å²) < 4.78 is 1.60. The average molecular weight is 399 g/mol. The fourth-order valence-electron chi connectivity index (χ4n) is 1.47. The number of hydrogen-bond donors (Lipinski definition) is 0. The lowest BCUT2D eigenvalue weighted by molar-refractivity contribution is -0.117. The third-order valence-corrected chi connectivity index (χ3v) is 4.55. The monoisotopic (exact) mass is 396 g/mol. The Balaban J connectivity index is 2.30. The highest BCUT2D eigenvalue weighted by Crippen LogP contribution is 2.29. The van der Waals surface area contributed by atoms with Gasteiger partial charge in [-0.2, -0.15) is 0 Å². The molecule has 2 rings (SSSR count). The van der Waals surface area contributed by atoms with Crippen LogP contribution in [0.2, 0.25) is 0 Å². The Hall–Kier alpha value is 0.0600. The SMILES string of the molecule is O=C1CC(Br)CN1c1cnc(Br)c(Br)c1. The number of hydrogen-bond acceptors (Lipinski definition) is 2. The maximum absolute atomic E-state index is 11.6. The summed E-state index contributed by atoms with van der Waals surface area (Å²) in [6.07, 6.45) is 2.24. The first-order valence-corrected chi connectivity index (χ1v) is 6.83. The third-order valence-electron chi connectivity index (χ3n) is 2.17. The summed E-state index contributed by atoms with van der Waals surface area (Å²) in [7, 11) is 0.